The second-order valence-electron chi connectivity index (χ2n) is 4.95. The Balaban J connectivity index is 2.22. The zero-order valence-corrected chi connectivity index (χ0v) is 10.9. The van der Waals surface area contributed by atoms with Gasteiger partial charge in [-0.15, -0.1) is 0 Å². The highest BCUT2D eigenvalue weighted by molar-refractivity contribution is 5.44. The number of ether oxygens (including phenoxy) is 2. The number of rotatable bonds is 4. The number of hydrogen-bond acceptors (Lipinski definition) is 3. The van der Waals surface area contributed by atoms with E-state index in [1.807, 2.05) is 13.8 Å². The molecular formula is C14H20FNO2. The topological polar surface area (TPSA) is 44.5 Å². The van der Waals surface area contributed by atoms with E-state index in [1.165, 1.54) is 0 Å². The van der Waals surface area contributed by atoms with E-state index in [4.69, 9.17) is 15.2 Å². The summed E-state index contributed by atoms with van der Waals surface area (Å²) in [5.74, 6) is 1.35. The molecule has 2 unspecified atom stereocenters. The molecule has 1 aromatic carbocycles. The number of hydrogen-bond donors (Lipinski definition) is 1. The summed E-state index contributed by atoms with van der Waals surface area (Å²) in [6.07, 6.45) is -1.06. The first-order valence-electron chi connectivity index (χ1n) is 6.37. The van der Waals surface area contributed by atoms with Crippen molar-refractivity contribution >= 4 is 0 Å². The van der Waals surface area contributed by atoms with Crippen molar-refractivity contribution in [1.82, 2.24) is 0 Å². The fourth-order valence-electron chi connectivity index (χ4n) is 2.21. The van der Waals surface area contributed by atoms with Crippen LogP contribution in [0.15, 0.2) is 18.2 Å². The van der Waals surface area contributed by atoms with Crippen LogP contribution in [0.3, 0.4) is 0 Å². The van der Waals surface area contributed by atoms with Gasteiger partial charge in [0.2, 0.25) is 0 Å². The first-order valence-corrected chi connectivity index (χ1v) is 6.37. The van der Waals surface area contributed by atoms with Crippen LogP contribution in [-0.4, -0.2) is 19.8 Å². The maximum Gasteiger partial charge on any atom is 0.161 e. The van der Waals surface area contributed by atoms with Gasteiger partial charge in [-0.2, -0.15) is 0 Å². The lowest BCUT2D eigenvalue weighted by atomic mass is 9.87. The summed E-state index contributed by atoms with van der Waals surface area (Å²) in [5, 5.41) is 0. The molecule has 2 rings (SSSR count). The van der Waals surface area contributed by atoms with Crippen LogP contribution in [0.2, 0.25) is 0 Å². The minimum Gasteiger partial charge on any atom is -0.486 e. The zero-order chi connectivity index (χ0) is 13.1. The van der Waals surface area contributed by atoms with Crippen molar-refractivity contribution in [3.63, 3.8) is 0 Å². The second kappa shape index (κ2) is 5.57. The Labute approximate surface area is 107 Å². The molecule has 3 nitrogen and oxygen atoms in total. The molecule has 100 valence electrons. The van der Waals surface area contributed by atoms with Crippen molar-refractivity contribution in [3.8, 4) is 11.5 Å². The highest BCUT2D eigenvalue weighted by atomic mass is 19.1. The molecule has 0 amide bonds. The van der Waals surface area contributed by atoms with Crippen LogP contribution in [0.25, 0.3) is 0 Å². The molecule has 1 aliphatic heterocycles. The van der Waals surface area contributed by atoms with Gasteiger partial charge < -0.3 is 15.2 Å². The van der Waals surface area contributed by atoms with Crippen LogP contribution in [-0.2, 0) is 0 Å². The lowest BCUT2D eigenvalue weighted by Crippen LogP contribution is -2.25. The van der Waals surface area contributed by atoms with Crippen molar-refractivity contribution in [2.75, 3.05) is 19.8 Å². The van der Waals surface area contributed by atoms with Crippen LogP contribution >= 0.6 is 0 Å². The Morgan fingerprint density at radius 2 is 1.89 bits per heavy atom. The van der Waals surface area contributed by atoms with Gasteiger partial charge in [0.1, 0.15) is 19.4 Å². The minimum atomic E-state index is -1.06. The van der Waals surface area contributed by atoms with Crippen LogP contribution in [0.1, 0.15) is 25.6 Å². The van der Waals surface area contributed by atoms with E-state index in [0.717, 1.165) is 0 Å². The van der Waals surface area contributed by atoms with E-state index in [9.17, 15) is 4.39 Å². The number of halogens is 1. The van der Waals surface area contributed by atoms with Gasteiger partial charge in [-0.05, 0) is 30.2 Å². The fraction of sp³-hybridized carbons (Fsp3) is 0.571. The van der Waals surface area contributed by atoms with E-state index in [0.29, 0.717) is 36.8 Å². The van der Waals surface area contributed by atoms with Gasteiger partial charge in [0, 0.05) is 5.92 Å². The summed E-state index contributed by atoms with van der Waals surface area (Å²) < 4.78 is 25.3. The van der Waals surface area contributed by atoms with Crippen LogP contribution in [0.4, 0.5) is 4.39 Å². The third-order valence-electron chi connectivity index (χ3n) is 3.39. The normalized spacial score (nSPS) is 17.6. The monoisotopic (exact) mass is 253 g/mol. The molecule has 0 radical (unpaired) electrons. The first-order chi connectivity index (χ1) is 8.63. The molecule has 0 bridgehead atoms. The zero-order valence-electron chi connectivity index (χ0n) is 10.9. The SMILES string of the molecule is CC(C)C(CN)C(F)c1ccc2c(c1)OCCO2. The van der Waals surface area contributed by atoms with Gasteiger partial charge in [-0.1, -0.05) is 19.9 Å². The quantitative estimate of drug-likeness (QED) is 0.897. The van der Waals surface area contributed by atoms with Gasteiger partial charge in [0.25, 0.3) is 0 Å². The predicted molar refractivity (Wildman–Crippen MR) is 68.7 cm³/mol. The van der Waals surface area contributed by atoms with Crippen molar-refractivity contribution in [1.29, 1.82) is 0 Å². The third kappa shape index (κ3) is 2.58. The minimum absolute atomic E-state index is 0.174. The van der Waals surface area contributed by atoms with E-state index in [2.05, 4.69) is 0 Å². The van der Waals surface area contributed by atoms with Crippen LogP contribution in [0.5, 0.6) is 11.5 Å². The molecule has 4 heteroatoms. The highest BCUT2D eigenvalue weighted by Gasteiger charge is 2.26. The molecule has 1 aromatic rings. The van der Waals surface area contributed by atoms with Crippen molar-refractivity contribution in [2.45, 2.75) is 20.0 Å². The van der Waals surface area contributed by atoms with E-state index in [1.54, 1.807) is 18.2 Å². The van der Waals surface area contributed by atoms with Gasteiger partial charge in [-0.3, -0.25) is 0 Å². The van der Waals surface area contributed by atoms with Gasteiger partial charge >= 0.3 is 0 Å². The van der Waals surface area contributed by atoms with Crippen molar-refractivity contribution in [2.24, 2.45) is 17.6 Å². The molecule has 0 aliphatic carbocycles. The van der Waals surface area contributed by atoms with E-state index >= 15 is 0 Å². The lowest BCUT2D eigenvalue weighted by molar-refractivity contribution is 0.167. The van der Waals surface area contributed by atoms with Crippen LogP contribution in [0, 0.1) is 11.8 Å². The Morgan fingerprint density at radius 3 is 2.50 bits per heavy atom. The number of benzene rings is 1. The largest absolute Gasteiger partial charge is 0.486 e. The molecule has 0 saturated heterocycles. The molecule has 0 spiro atoms. The van der Waals surface area contributed by atoms with Crippen molar-refractivity contribution < 1.29 is 13.9 Å². The highest BCUT2D eigenvalue weighted by Crippen LogP contribution is 2.37. The Morgan fingerprint density at radius 1 is 1.22 bits per heavy atom. The molecule has 1 aliphatic rings. The van der Waals surface area contributed by atoms with E-state index < -0.39 is 6.17 Å². The molecule has 2 N–H and O–H groups in total. The Bertz CT molecular complexity index is 409. The number of nitrogens with two attached hydrogens (primary N) is 1. The molecule has 2 atom stereocenters. The predicted octanol–water partition coefficient (Wildman–Crippen LogP) is 2.70. The Kier molecular flexibility index (Phi) is 4.07. The van der Waals surface area contributed by atoms with E-state index in [-0.39, 0.29) is 11.8 Å². The summed E-state index contributed by atoms with van der Waals surface area (Å²) in [4.78, 5) is 0. The number of fused-ring (bicyclic) bond motifs is 1. The fourth-order valence-corrected chi connectivity index (χ4v) is 2.21. The second-order valence-corrected chi connectivity index (χ2v) is 4.95. The molecule has 0 aromatic heterocycles. The summed E-state index contributed by atoms with van der Waals surface area (Å²) >= 11 is 0. The summed E-state index contributed by atoms with van der Waals surface area (Å²) in [6.45, 7) is 5.37. The maximum absolute atomic E-state index is 14.4. The average Bonchev–Trinajstić information content (AvgIpc) is 2.38. The number of alkyl halides is 1. The average molecular weight is 253 g/mol. The smallest absolute Gasteiger partial charge is 0.161 e. The maximum atomic E-state index is 14.4. The van der Waals surface area contributed by atoms with Gasteiger partial charge in [-0.25, -0.2) is 4.39 Å². The molecule has 0 saturated carbocycles. The molecule has 0 fully saturated rings. The van der Waals surface area contributed by atoms with Gasteiger partial charge in [0.05, 0.1) is 0 Å². The third-order valence-corrected chi connectivity index (χ3v) is 3.39. The van der Waals surface area contributed by atoms with Crippen LogP contribution < -0.4 is 15.2 Å². The lowest BCUT2D eigenvalue weighted by Gasteiger charge is -2.25. The molecule has 1 heterocycles. The molecular weight excluding hydrogens is 233 g/mol. The summed E-state index contributed by atoms with van der Waals surface area (Å²) in [7, 11) is 0. The van der Waals surface area contributed by atoms with Gasteiger partial charge in [0.15, 0.2) is 11.5 Å². The first kappa shape index (κ1) is 13.1. The summed E-state index contributed by atoms with van der Waals surface area (Å²) in [5.41, 5.74) is 6.27. The Hall–Kier alpha value is -1.29. The molecule has 18 heavy (non-hydrogen) atoms. The standard InChI is InChI=1S/C14H20FNO2/c1-9(2)11(8-16)14(15)10-3-4-12-13(7-10)18-6-5-17-12/h3-4,7,9,11,14H,5-6,8,16H2,1-2H3. The summed E-state index contributed by atoms with van der Waals surface area (Å²) in [6, 6.07) is 5.25. The van der Waals surface area contributed by atoms with Crippen molar-refractivity contribution in [3.05, 3.63) is 23.8 Å².